The average molecular weight is 312 g/mol. The summed E-state index contributed by atoms with van der Waals surface area (Å²) in [5.41, 5.74) is -1.78. The van der Waals surface area contributed by atoms with E-state index in [1.54, 1.807) is 20.2 Å². The Labute approximate surface area is 112 Å². The van der Waals surface area contributed by atoms with E-state index < -0.39 is 31.4 Å². The van der Waals surface area contributed by atoms with Crippen LogP contribution in [0.15, 0.2) is 12.4 Å². The van der Waals surface area contributed by atoms with E-state index in [0.29, 0.717) is 6.42 Å². The molecular weight excluding hydrogens is 296 g/mol. The van der Waals surface area contributed by atoms with Crippen LogP contribution < -0.4 is 0 Å². The van der Waals surface area contributed by atoms with Crippen molar-refractivity contribution in [3.8, 4) is 0 Å². The standard InChI is InChI=1S/C9H16N2O6S2/c1-3-4-9(19(14,15)16)17-18(12,13)7-8-10-5-6-11(8)2/h5-6,9H,3-4,7H2,1-2H3,(H,14,15,16). The van der Waals surface area contributed by atoms with Crippen LogP contribution in [-0.2, 0) is 37.2 Å². The Balaban J connectivity index is 2.86. The lowest BCUT2D eigenvalue weighted by Gasteiger charge is -2.13. The molecule has 0 amide bonds. The molecule has 0 spiro atoms. The Morgan fingerprint density at radius 1 is 1.42 bits per heavy atom. The van der Waals surface area contributed by atoms with E-state index in [0.717, 1.165) is 0 Å². The molecule has 19 heavy (non-hydrogen) atoms. The smallest absolute Gasteiger partial charge is 0.293 e. The maximum absolute atomic E-state index is 11.7. The zero-order valence-electron chi connectivity index (χ0n) is 10.6. The maximum Gasteiger partial charge on any atom is 0.293 e. The lowest BCUT2D eigenvalue weighted by atomic mass is 10.4. The van der Waals surface area contributed by atoms with E-state index in [9.17, 15) is 16.8 Å². The molecule has 1 atom stereocenters. The number of rotatable bonds is 7. The van der Waals surface area contributed by atoms with Crippen molar-refractivity contribution in [2.45, 2.75) is 31.0 Å². The molecule has 0 aromatic carbocycles. The molecule has 0 saturated heterocycles. The molecule has 0 aliphatic rings. The minimum Gasteiger partial charge on any atom is -0.337 e. The first-order chi connectivity index (χ1) is 8.65. The first-order valence-corrected chi connectivity index (χ1v) is 8.57. The Morgan fingerprint density at radius 2 is 2.05 bits per heavy atom. The monoisotopic (exact) mass is 312 g/mol. The van der Waals surface area contributed by atoms with Gasteiger partial charge in [0.05, 0.1) is 0 Å². The number of nitrogens with zero attached hydrogens (tertiary/aromatic N) is 2. The molecule has 1 rings (SSSR count). The van der Waals surface area contributed by atoms with Gasteiger partial charge in [-0.1, -0.05) is 13.3 Å². The van der Waals surface area contributed by atoms with Gasteiger partial charge in [0.15, 0.2) is 0 Å². The highest BCUT2D eigenvalue weighted by Gasteiger charge is 2.30. The predicted molar refractivity (Wildman–Crippen MR) is 67.2 cm³/mol. The molecular formula is C9H16N2O6S2. The summed E-state index contributed by atoms with van der Waals surface area (Å²) in [5, 5.41) is 0. The summed E-state index contributed by atoms with van der Waals surface area (Å²) in [7, 11) is -7.13. The van der Waals surface area contributed by atoms with Crippen LogP contribution >= 0.6 is 0 Å². The molecule has 1 N–H and O–H groups in total. The summed E-state index contributed by atoms with van der Waals surface area (Å²) >= 11 is 0. The van der Waals surface area contributed by atoms with Crippen LogP contribution in [-0.4, -0.2) is 36.4 Å². The number of hydrogen-bond donors (Lipinski definition) is 1. The third-order valence-corrected chi connectivity index (χ3v) is 4.59. The van der Waals surface area contributed by atoms with Crippen molar-refractivity contribution in [2.75, 3.05) is 0 Å². The molecule has 0 saturated carbocycles. The molecule has 0 fully saturated rings. The molecule has 1 aromatic rings. The topological polar surface area (TPSA) is 116 Å². The van der Waals surface area contributed by atoms with Crippen LogP contribution in [0.2, 0.25) is 0 Å². The molecule has 0 aliphatic heterocycles. The van der Waals surface area contributed by atoms with Crippen LogP contribution in [0.4, 0.5) is 0 Å². The lowest BCUT2D eigenvalue weighted by molar-refractivity contribution is 0.250. The number of imidazole rings is 1. The van der Waals surface area contributed by atoms with Crippen molar-refractivity contribution >= 4 is 20.2 Å². The predicted octanol–water partition coefficient (Wildman–Crippen LogP) is 0.281. The second kappa shape index (κ2) is 5.99. The summed E-state index contributed by atoms with van der Waals surface area (Å²) in [4.78, 5) is 3.81. The molecule has 1 heterocycles. The Morgan fingerprint density at radius 3 is 2.47 bits per heavy atom. The third kappa shape index (κ3) is 4.90. The molecule has 1 aromatic heterocycles. The van der Waals surface area contributed by atoms with Gasteiger partial charge in [0.2, 0.25) is 5.44 Å². The highest BCUT2D eigenvalue weighted by atomic mass is 32.2. The summed E-state index contributed by atoms with van der Waals surface area (Å²) < 4.78 is 60.4. The van der Waals surface area contributed by atoms with Crippen LogP contribution in [0, 0.1) is 0 Å². The largest absolute Gasteiger partial charge is 0.337 e. The second-order valence-corrected chi connectivity index (χ2v) is 7.14. The van der Waals surface area contributed by atoms with Gasteiger partial charge in [-0.2, -0.15) is 16.8 Å². The molecule has 0 aliphatic carbocycles. The van der Waals surface area contributed by atoms with Gasteiger partial charge in [-0.05, 0) is 6.42 Å². The normalized spacial score (nSPS) is 14.5. The first kappa shape index (κ1) is 16.1. The Hall–Kier alpha value is -0.970. The van der Waals surface area contributed by atoms with Crippen molar-refractivity contribution in [1.82, 2.24) is 9.55 Å². The zero-order valence-corrected chi connectivity index (χ0v) is 12.2. The Kier molecular flexibility index (Phi) is 5.07. The van der Waals surface area contributed by atoms with Crippen LogP contribution in [0.5, 0.6) is 0 Å². The minimum atomic E-state index is -4.58. The van der Waals surface area contributed by atoms with Gasteiger partial charge in [-0.3, -0.25) is 4.55 Å². The minimum absolute atomic E-state index is 0.112. The summed E-state index contributed by atoms with van der Waals surface area (Å²) in [6.45, 7) is 1.65. The second-order valence-electron chi connectivity index (χ2n) is 3.99. The van der Waals surface area contributed by atoms with E-state index in [4.69, 9.17) is 4.55 Å². The van der Waals surface area contributed by atoms with Crippen LogP contribution in [0.1, 0.15) is 25.6 Å². The highest BCUT2D eigenvalue weighted by molar-refractivity contribution is 7.89. The molecule has 10 heteroatoms. The quantitative estimate of drug-likeness (QED) is 0.568. The van der Waals surface area contributed by atoms with E-state index in [-0.39, 0.29) is 12.2 Å². The number of aryl methyl sites for hydroxylation is 1. The van der Waals surface area contributed by atoms with Gasteiger partial charge in [0.25, 0.3) is 20.2 Å². The number of aromatic nitrogens is 2. The summed E-state index contributed by atoms with van der Waals surface area (Å²) in [6, 6.07) is 0. The molecule has 8 nitrogen and oxygen atoms in total. The van der Waals surface area contributed by atoms with E-state index in [1.807, 2.05) is 0 Å². The van der Waals surface area contributed by atoms with Crippen LogP contribution in [0.25, 0.3) is 0 Å². The SMILES string of the molecule is CCCC(OS(=O)(=O)Cc1nccn1C)S(=O)(=O)O. The summed E-state index contributed by atoms with van der Waals surface area (Å²) in [5.74, 6) is -0.350. The molecule has 110 valence electrons. The lowest BCUT2D eigenvalue weighted by Crippen LogP contribution is -2.28. The first-order valence-electron chi connectivity index (χ1n) is 5.49. The molecule has 0 bridgehead atoms. The number of hydrogen-bond acceptors (Lipinski definition) is 6. The van der Waals surface area contributed by atoms with Gasteiger partial charge in [0, 0.05) is 19.4 Å². The fraction of sp³-hybridized carbons (Fsp3) is 0.667. The van der Waals surface area contributed by atoms with Gasteiger partial charge in [-0.25, -0.2) is 9.17 Å². The fourth-order valence-corrected chi connectivity index (χ4v) is 3.75. The van der Waals surface area contributed by atoms with Gasteiger partial charge < -0.3 is 4.57 Å². The average Bonchev–Trinajstić information content (AvgIpc) is 2.61. The van der Waals surface area contributed by atoms with Gasteiger partial charge >= 0.3 is 0 Å². The third-order valence-electron chi connectivity index (χ3n) is 2.34. The summed E-state index contributed by atoms with van der Waals surface area (Å²) in [6.07, 6.45) is 3.20. The van der Waals surface area contributed by atoms with Crippen molar-refractivity contribution in [2.24, 2.45) is 7.05 Å². The van der Waals surface area contributed by atoms with Crippen molar-refractivity contribution in [3.05, 3.63) is 18.2 Å². The van der Waals surface area contributed by atoms with E-state index in [2.05, 4.69) is 9.17 Å². The van der Waals surface area contributed by atoms with Crippen molar-refractivity contribution in [3.63, 3.8) is 0 Å². The van der Waals surface area contributed by atoms with Crippen molar-refractivity contribution < 1.29 is 25.6 Å². The van der Waals surface area contributed by atoms with E-state index in [1.165, 1.54) is 10.8 Å². The highest BCUT2D eigenvalue weighted by Crippen LogP contribution is 2.15. The van der Waals surface area contributed by atoms with E-state index >= 15 is 0 Å². The van der Waals surface area contributed by atoms with Gasteiger partial charge in [0.1, 0.15) is 11.6 Å². The van der Waals surface area contributed by atoms with Crippen LogP contribution in [0.3, 0.4) is 0 Å². The molecule has 0 radical (unpaired) electrons. The molecule has 1 unspecified atom stereocenters. The Bertz CT molecular complexity index is 619. The maximum atomic E-state index is 11.7. The zero-order chi connectivity index (χ0) is 14.7. The fourth-order valence-electron chi connectivity index (χ4n) is 1.37. The van der Waals surface area contributed by atoms with Crippen molar-refractivity contribution in [1.29, 1.82) is 0 Å². The van der Waals surface area contributed by atoms with Gasteiger partial charge in [-0.15, -0.1) is 0 Å².